The maximum Gasteiger partial charge on any atom is 0.435 e. The van der Waals surface area contributed by atoms with Gasteiger partial charge in [0.25, 0.3) is 5.95 Å². The highest BCUT2D eigenvalue weighted by Crippen LogP contribution is 2.36. The average molecular weight is 549 g/mol. The van der Waals surface area contributed by atoms with Gasteiger partial charge in [-0.15, -0.1) is 0 Å². The number of fused-ring (bicyclic) bond motifs is 2. The lowest BCUT2D eigenvalue weighted by molar-refractivity contribution is 0.0518. The van der Waals surface area contributed by atoms with Crippen LogP contribution in [0.2, 0.25) is 0 Å². The first-order valence-corrected chi connectivity index (χ1v) is 12.8. The van der Waals surface area contributed by atoms with Crippen molar-refractivity contribution in [2.24, 2.45) is 4.99 Å². The van der Waals surface area contributed by atoms with Crippen molar-refractivity contribution in [3.63, 3.8) is 0 Å². The van der Waals surface area contributed by atoms with Crippen LogP contribution in [0, 0.1) is 0 Å². The standard InChI is InChI=1S/C28H36N8O4/c1-27(2,3)39-25(37)35-15-19(21-22(35)23(34(9)10)32-24(31-21)29-16-33(7)8)17-11-12-20-18(13-17)14-30-36(20)26(38)40-28(4,5)6/h11-16H,1-10H3. The van der Waals surface area contributed by atoms with Gasteiger partial charge in [-0.25, -0.2) is 24.1 Å². The van der Waals surface area contributed by atoms with Crippen LogP contribution in [0.5, 0.6) is 0 Å². The van der Waals surface area contributed by atoms with Gasteiger partial charge in [0.2, 0.25) is 0 Å². The van der Waals surface area contributed by atoms with E-state index in [1.54, 1.807) is 55.4 Å². The first-order chi connectivity index (χ1) is 18.5. The van der Waals surface area contributed by atoms with Crippen LogP contribution in [0.1, 0.15) is 41.5 Å². The van der Waals surface area contributed by atoms with Gasteiger partial charge in [0.1, 0.15) is 22.2 Å². The first kappa shape index (κ1) is 28.5. The van der Waals surface area contributed by atoms with E-state index in [-0.39, 0.29) is 5.95 Å². The van der Waals surface area contributed by atoms with E-state index in [4.69, 9.17) is 14.5 Å². The number of benzene rings is 1. The molecule has 3 aromatic heterocycles. The summed E-state index contributed by atoms with van der Waals surface area (Å²) in [7, 11) is 7.38. The number of ether oxygens (including phenoxy) is 2. The zero-order chi connectivity index (χ0) is 29.6. The lowest BCUT2D eigenvalue weighted by Crippen LogP contribution is -2.27. The van der Waals surface area contributed by atoms with Gasteiger partial charge in [-0.05, 0) is 59.2 Å². The maximum absolute atomic E-state index is 13.4. The number of carbonyl (C=O) groups excluding carboxylic acids is 2. The van der Waals surface area contributed by atoms with Crippen LogP contribution >= 0.6 is 0 Å². The first-order valence-electron chi connectivity index (χ1n) is 12.8. The molecule has 0 aliphatic carbocycles. The number of nitrogens with zero attached hydrogens (tertiary/aromatic N) is 8. The fourth-order valence-corrected chi connectivity index (χ4v) is 3.95. The van der Waals surface area contributed by atoms with Crippen LogP contribution in [0.3, 0.4) is 0 Å². The zero-order valence-corrected chi connectivity index (χ0v) is 24.7. The molecule has 40 heavy (non-hydrogen) atoms. The summed E-state index contributed by atoms with van der Waals surface area (Å²) in [4.78, 5) is 43.4. The smallest absolute Gasteiger partial charge is 0.435 e. The lowest BCUT2D eigenvalue weighted by atomic mass is 10.1. The quantitative estimate of drug-likeness (QED) is 0.247. The number of carbonyl (C=O) groups is 2. The van der Waals surface area contributed by atoms with E-state index in [0.29, 0.717) is 33.3 Å². The minimum Gasteiger partial charge on any atom is -0.443 e. The van der Waals surface area contributed by atoms with Gasteiger partial charge >= 0.3 is 12.2 Å². The molecule has 0 saturated heterocycles. The molecule has 0 N–H and O–H groups in total. The van der Waals surface area contributed by atoms with E-state index in [9.17, 15) is 9.59 Å². The molecule has 0 aliphatic rings. The van der Waals surface area contributed by atoms with Crippen molar-refractivity contribution in [3.8, 4) is 11.1 Å². The fourth-order valence-electron chi connectivity index (χ4n) is 3.95. The van der Waals surface area contributed by atoms with Gasteiger partial charge in [-0.1, -0.05) is 6.07 Å². The SMILES string of the molecule is CN(C)C=Nc1nc(N(C)C)c2c(n1)c(-c1ccc3c(cnn3C(=O)OC(C)(C)C)c1)cn2C(=O)OC(C)(C)C. The van der Waals surface area contributed by atoms with E-state index < -0.39 is 23.4 Å². The van der Waals surface area contributed by atoms with Crippen molar-refractivity contribution < 1.29 is 19.1 Å². The normalized spacial score (nSPS) is 12.3. The summed E-state index contributed by atoms with van der Waals surface area (Å²) in [6.07, 6.45) is 3.78. The molecule has 0 bridgehead atoms. The van der Waals surface area contributed by atoms with Gasteiger partial charge in [0.15, 0.2) is 5.82 Å². The Bertz CT molecular complexity index is 1620. The van der Waals surface area contributed by atoms with Crippen molar-refractivity contribution in [3.05, 3.63) is 30.6 Å². The van der Waals surface area contributed by atoms with Crippen molar-refractivity contribution >= 4 is 52.2 Å². The number of aliphatic imine (C=N–C) groups is 1. The molecule has 12 nitrogen and oxygen atoms in total. The van der Waals surface area contributed by atoms with Crippen LogP contribution < -0.4 is 4.90 Å². The molecule has 12 heteroatoms. The lowest BCUT2D eigenvalue weighted by Gasteiger charge is -2.20. The molecule has 0 radical (unpaired) electrons. The van der Waals surface area contributed by atoms with Crippen LogP contribution in [0.25, 0.3) is 33.1 Å². The summed E-state index contributed by atoms with van der Waals surface area (Å²) in [5.41, 5.74) is 1.66. The van der Waals surface area contributed by atoms with Crippen LogP contribution in [-0.4, -0.2) is 87.1 Å². The minimum absolute atomic E-state index is 0.243. The Balaban J connectivity index is 1.94. The Morgan fingerprint density at radius 2 is 1.60 bits per heavy atom. The summed E-state index contributed by atoms with van der Waals surface area (Å²) < 4.78 is 13.9. The third-order valence-electron chi connectivity index (χ3n) is 5.47. The van der Waals surface area contributed by atoms with E-state index in [2.05, 4.69) is 15.1 Å². The van der Waals surface area contributed by atoms with Crippen LogP contribution in [0.4, 0.5) is 21.4 Å². The van der Waals surface area contributed by atoms with Crippen LogP contribution in [-0.2, 0) is 9.47 Å². The number of hydrogen-bond acceptors (Lipinski definition) is 9. The number of hydrogen-bond donors (Lipinski definition) is 0. The Morgan fingerprint density at radius 1 is 0.950 bits per heavy atom. The topological polar surface area (TPSA) is 120 Å². The molecule has 1 aromatic carbocycles. The van der Waals surface area contributed by atoms with Crippen molar-refractivity contribution in [2.75, 3.05) is 33.1 Å². The largest absolute Gasteiger partial charge is 0.443 e. The molecule has 4 rings (SSSR count). The number of rotatable bonds is 4. The molecule has 0 amide bonds. The molecule has 0 unspecified atom stereocenters. The molecule has 0 saturated carbocycles. The van der Waals surface area contributed by atoms with Crippen LogP contribution in [0.15, 0.2) is 35.6 Å². The minimum atomic E-state index is -0.710. The second kappa shape index (κ2) is 10.2. The van der Waals surface area contributed by atoms with E-state index >= 15 is 0 Å². The Kier molecular flexibility index (Phi) is 7.31. The highest BCUT2D eigenvalue weighted by molar-refractivity contribution is 6.04. The molecular formula is C28H36N8O4. The highest BCUT2D eigenvalue weighted by Gasteiger charge is 2.26. The van der Waals surface area contributed by atoms with Crippen molar-refractivity contribution in [2.45, 2.75) is 52.7 Å². The third kappa shape index (κ3) is 6.05. The Morgan fingerprint density at radius 3 is 2.20 bits per heavy atom. The third-order valence-corrected chi connectivity index (χ3v) is 5.47. The molecule has 3 heterocycles. The summed E-state index contributed by atoms with van der Waals surface area (Å²) in [5.74, 6) is 0.749. The molecule has 0 fully saturated rings. The molecule has 4 aromatic rings. The second-order valence-electron chi connectivity index (χ2n) is 11.9. The summed E-state index contributed by atoms with van der Waals surface area (Å²) in [5, 5.41) is 4.97. The number of aromatic nitrogens is 5. The predicted octanol–water partition coefficient (Wildman–Crippen LogP) is 5.30. The van der Waals surface area contributed by atoms with E-state index in [0.717, 1.165) is 5.56 Å². The second-order valence-corrected chi connectivity index (χ2v) is 11.9. The molecular weight excluding hydrogens is 512 g/mol. The van der Waals surface area contributed by atoms with Gasteiger partial charge < -0.3 is 19.3 Å². The van der Waals surface area contributed by atoms with Crippen molar-refractivity contribution in [1.29, 1.82) is 0 Å². The summed E-state index contributed by atoms with van der Waals surface area (Å²) in [6, 6.07) is 5.52. The van der Waals surface area contributed by atoms with E-state index in [1.165, 1.54) is 9.25 Å². The average Bonchev–Trinajstić information content (AvgIpc) is 3.41. The van der Waals surface area contributed by atoms with Gasteiger partial charge in [0, 0.05) is 45.3 Å². The summed E-state index contributed by atoms with van der Waals surface area (Å²) >= 11 is 0. The Hall–Kier alpha value is -4.48. The molecule has 0 atom stereocenters. The van der Waals surface area contributed by atoms with E-state index in [1.807, 2.05) is 61.1 Å². The zero-order valence-electron chi connectivity index (χ0n) is 24.7. The van der Waals surface area contributed by atoms with Gasteiger partial charge in [0.05, 0.1) is 18.1 Å². The monoisotopic (exact) mass is 548 g/mol. The fraction of sp³-hybridized carbons (Fsp3) is 0.429. The number of anilines is 1. The summed E-state index contributed by atoms with van der Waals surface area (Å²) in [6.45, 7) is 10.8. The molecule has 0 spiro atoms. The predicted molar refractivity (Wildman–Crippen MR) is 156 cm³/mol. The molecule has 212 valence electrons. The highest BCUT2D eigenvalue weighted by atomic mass is 16.6. The maximum atomic E-state index is 13.4. The van der Waals surface area contributed by atoms with Crippen molar-refractivity contribution in [1.82, 2.24) is 29.2 Å². The van der Waals surface area contributed by atoms with Gasteiger partial charge in [-0.3, -0.25) is 0 Å². The van der Waals surface area contributed by atoms with Gasteiger partial charge in [-0.2, -0.15) is 14.8 Å². The molecule has 0 aliphatic heterocycles. The Labute approximate surface area is 233 Å².